The number of hydrogen-bond acceptors (Lipinski definition) is 4. The highest BCUT2D eigenvalue weighted by atomic mass is 16.5. The second-order valence-electron chi connectivity index (χ2n) is 4.99. The van der Waals surface area contributed by atoms with Crippen molar-refractivity contribution < 1.29 is 9.53 Å². The third-order valence-electron chi connectivity index (χ3n) is 3.46. The zero-order valence-corrected chi connectivity index (χ0v) is 12.9. The molecule has 0 aliphatic heterocycles. The summed E-state index contributed by atoms with van der Waals surface area (Å²) in [7, 11) is 3.26. The second kappa shape index (κ2) is 7.56. The lowest BCUT2D eigenvalue weighted by atomic mass is 10.0. The van der Waals surface area contributed by atoms with Crippen LogP contribution in [0.25, 0.3) is 0 Å². The van der Waals surface area contributed by atoms with E-state index in [0.717, 1.165) is 35.3 Å². The number of aromatic nitrogens is 1. The Kier molecular flexibility index (Phi) is 5.49. The second-order valence-corrected chi connectivity index (χ2v) is 4.99. The van der Waals surface area contributed by atoms with Gasteiger partial charge in [0.15, 0.2) is 0 Å². The lowest BCUT2D eigenvalue weighted by Gasteiger charge is -2.10. The maximum absolute atomic E-state index is 11.5. The maximum atomic E-state index is 11.5. The minimum atomic E-state index is -0.181. The molecule has 0 aliphatic rings. The summed E-state index contributed by atoms with van der Waals surface area (Å²) < 4.78 is 5.42. The number of ether oxygens (including phenoxy) is 1. The van der Waals surface area contributed by atoms with Gasteiger partial charge in [0.05, 0.1) is 7.11 Å². The van der Waals surface area contributed by atoms with E-state index in [1.807, 2.05) is 18.2 Å². The van der Waals surface area contributed by atoms with Crippen LogP contribution in [0.2, 0.25) is 0 Å². The molecule has 22 heavy (non-hydrogen) atoms. The molecule has 3 N–H and O–H groups in total. The number of hydrogen-bond donors (Lipinski definition) is 2. The molecule has 5 heteroatoms. The van der Waals surface area contributed by atoms with E-state index in [9.17, 15) is 4.79 Å². The van der Waals surface area contributed by atoms with Crippen molar-refractivity contribution in [1.82, 2.24) is 10.3 Å². The Morgan fingerprint density at radius 3 is 2.64 bits per heavy atom. The van der Waals surface area contributed by atoms with Gasteiger partial charge in [-0.1, -0.05) is 18.2 Å². The lowest BCUT2D eigenvalue weighted by molar-refractivity contribution is 0.0958. The molecule has 0 unspecified atom stereocenters. The van der Waals surface area contributed by atoms with Gasteiger partial charge in [0, 0.05) is 13.2 Å². The van der Waals surface area contributed by atoms with E-state index >= 15 is 0 Å². The molecule has 0 aliphatic carbocycles. The van der Waals surface area contributed by atoms with Crippen LogP contribution in [0.4, 0.5) is 0 Å². The van der Waals surface area contributed by atoms with Crippen molar-refractivity contribution in [2.24, 2.45) is 5.73 Å². The van der Waals surface area contributed by atoms with Crippen molar-refractivity contribution in [3.8, 4) is 5.75 Å². The average Bonchev–Trinajstić information content (AvgIpc) is 2.56. The Balaban J connectivity index is 2.14. The standard InChI is InChI=1S/C17H21N3O2/c1-19-17(21)15-6-4-13(11-20-15)9-12-3-5-14(7-8-18)16(10-12)22-2/h3-6,10-11H,7-9,18H2,1-2H3,(H,19,21). The summed E-state index contributed by atoms with van der Waals surface area (Å²) in [5.41, 5.74) is 9.31. The number of nitrogens with two attached hydrogens (primary N) is 1. The highest BCUT2D eigenvalue weighted by Gasteiger charge is 2.07. The van der Waals surface area contributed by atoms with Gasteiger partial charge in [-0.3, -0.25) is 9.78 Å². The minimum absolute atomic E-state index is 0.181. The Bertz CT molecular complexity index is 639. The molecule has 0 saturated carbocycles. The third-order valence-corrected chi connectivity index (χ3v) is 3.46. The highest BCUT2D eigenvalue weighted by Crippen LogP contribution is 2.22. The molecule has 0 fully saturated rings. The molecule has 2 aromatic rings. The van der Waals surface area contributed by atoms with E-state index in [2.05, 4.69) is 16.4 Å². The Morgan fingerprint density at radius 2 is 2.05 bits per heavy atom. The SMILES string of the molecule is CNC(=O)c1ccc(Cc2ccc(CCN)c(OC)c2)cn1. The Hall–Kier alpha value is -2.40. The normalized spacial score (nSPS) is 10.3. The molecule has 0 atom stereocenters. The van der Waals surface area contributed by atoms with Crippen molar-refractivity contribution in [3.63, 3.8) is 0 Å². The van der Waals surface area contributed by atoms with Crippen LogP contribution in [-0.2, 0) is 12.8 Å². The van der Waals surface area contributed by atoms with Crippen LogP contribution in [-0.4, -0.2) is 31.6 Å². The van der Waals surface area contributed by atoms with E-state index in [4.69, 9.17) is 10.5 Å². The topological polar surface area (TPSA) is 77.2 Å². The molecular formula is C17H21N3O2. The average molecular weight is 299 g/mol. The number of methoxy groups -OCH3 is 1. The summed E-state index contributed by atoms with van der Waals surface area (Å²) in [5.74, 6) is 0.678. The van der Waals surface area contributed by atoms with Crippen LogP contribution in [0.1, 0.15) is 27.2 Å². The smallest absolute Gasteiger partial charge is 0.269 e. The zero-order valence-electron chi connectivity index (χ0n) is 12.9. The number of nitrogens with zero attached hydrogens (tertiary/aromatic N) is 1. The number of amides is 1. The molecule has 2 rings (SSSR count). The van der Waals surface area contributed by atoms with Crippen LogP contribution in [0.3, 0.4) is 0 Å². The number of carbonyl (C=O) groups excluding carboxylic acids is 1. The molecule has 0 bridgehead atoms. The summed E-state index contributed by atoms with van der Waals surface area (Å²) >= 11 is 0. The largest absolute Gasteiger partial charge is 0.496 e. The Labute approximate surface area is 130 Å². The van der Waals surface area contributed by atoms with Gasteiger partial charge in [-0.2, -0.15) is 0 Å². The fraction of sp³-hybridized carbons (Fsp3) is 0.294. The fourth-order valence-corrected chi connectivity index (χ4v) is 2.29. The molecule has 0 saturated heterocycles. The van der Waals surface area contributed by atoms with Crippen molar-refractivity contribution >= 4 is 5.91 Å². The number of nitrogens with one attached hydrogen (secondary N) is 1. The molecule has 5 nitrogen and oxygen atoms in total. The molecular weight excluding hydrogens is 278 g/mol. The first kappa shape index (κ1) is 16.0. The van der Waals surface area contributed by atoms with Gasteiger partial charge in [0.2, 0.25) is 0 Å². The maximum Gasteiger partial charge on any atom is 0.269 e. The first-order valence-corrected chi connectivity index (χ1v) is 7.20. The predicted molar refractivity (Wildman–Crippen MR) is 86.2 cm³/mol. The van der Waals surface area contributed by atoms with Gasteiger partial charge in [-0.25, -0.2) is 0 Å². The van der Waals surface area contributed by atoms with Crippen LogP contribution >= 0.6 is 0 Å². The van der Waals surface area contributed by atoms with Crippen molar-refractivity contribution in [2.45, 2.75) is 12.8 Å². The van der Waals surface area contributed by atoms with E-state index in [1.165, 1.54) is 0 Å². The summed E-state index contributed by atoms with van der Waals surface area (Å²) in [6.45, 7) is 0.598. The molecule has 0 spiro atoms. The first-order valence-electron chi connectivity index (χ1n) is 7.20. The van der Waals surface area contributed by atoms with Crippen LogP contribution in [0, 0.1) is 0 Å². The minimum Gasteiger partial charge on any atom is -0.496 e. The van der Waals surface area contributed by atoms with E-state index in [0.29, 0.717) is 12.2 Å². The van der Waals surface area contributed by atoms with Crippen LogP contribution < -0.4 is 15.8 Å². The van der Waals surface area contributed by atoms with Crippen LogP contribution in [0.15, 0.2) is 36.5 Å². The number of rotatable bonds is 6. The summed E-state index contributed by atoms with van der Waals surface area (Å²) in [4.78, 5) is 15.6. The van der Waals surface area contributed by atoms with E-state index < -0.39 is 0 Å². The summed E-state index contributed by atoms with van der Waals surface area (Å²) in [6, 6.07) is 9.79. The van der Waals surface area contributed by atoms with Crippen molar-refractivity contribution in [3.05, 3.63) is 58.9 Å². The first-order chi connectivity index (χ1) is 10.7. The van der Waals surface area contributed by atoms with Gasteiger partial charge in [-0.05, 0) is 48.2 Å². The van der Waals surface area contributed by atoms with Gasteiger partial charge < -0.3 is 15.8 Å². The zero-order chi connectivity index (χ0) is 15.9. The third kappa shape index (κ3) is 3.83. The summed E-state index contributed by atoms with van der Waals surface area (Å²) in [6.07, 6.45) is 3.26. The van der Waals surface area contributed by atoms with Gasteiger partial charge >= 0.3 is 0 Å². The highest BCUT2D eigenvalue weighted by molar-refractivity contribution is 5.91. The quantitative estimate of drug-likeness (QED) is 0.848. The lowest BCUT2D eigenvalue weighted by Crippen LogP contribution is -2.19. The molecule has 116 valence electrons. The molecule has 1 aromatic heterocycles. The van der Waals surface area contributed by atoms with Gasteiger partial charge in [-0.15, -0.1) is 0 Å². The van der Waals surface area contributed by atoms with Gasteiger partial charge in [0.25, 0.3) is 5.91 Å². The van der Waals surface area contributed by atoms with Crippen molar-refractivity contribution in [1.29, 1.82) is 0 Å². The number of pyridine rings is 1. The number of carbonyl (C=O) groups is 1. The fourth-order valence-electron chi connectivity index (χ4n) is 2.29. The Morgan fingerprint density at radius 1 is 1.27 bits per heavy atom. The monoisotopic (exact) mass is 299 g/mol. The molecule has 0 radical (unpaired) electrons. The van der Waals surface area contributed by atoms with E-state index in [-0.39, 0.29) is 5.91 Å². The molecule has 1 heterocycles. The van der Waals surface area contributed by atoms with E-state index in [1.54, 1.807) is 26.4 Å². The van der Waals surface area contributed by atoms with Crippen LogP contribution in [0.5, 0.6) is 5.75 Å². The molecule has 1 amide bonds. The van der Waals surface area contributed by atoms with Gasteiger partial charge in [0.1, 0.15) is 11.4 Å². The van der Waals surface area contributed by atoms with Crippen molar-refractivity contribution in [2.75, 3.05) is 20.7 Å². The number of benzene rings is 1. The predicted octanol–water partition coefficient (Wildman–Crippen LogP) is 1.54. The summed E-state index contributed by atoms with van der Waals surface area (Å²) in [5, 5.41) is 2.56. The molecule has 1 aromatic carbocycles.